The molecule has 1 fully saturated rings. The van der Waals surface area contributed by atoms with Gasteiger partial charge in [-0.2, -0.15) is 13.2 Å². The van der Waals surface area contributed by atoms with E-state index in [9.17, 15) is 18.0 Å². The maximum Gasteiger partial charge on any atom is 0.389 e. The van der Waals surface area contributed by atoms with Crippen molar-refractivity contribution in [2.24, 2.45) is 5.92 Å². The van der Waals surface area contributed by atoms with E-state index in [-0.39, 0.29) is 12.4 Å². The Balaban J connectivity index is 0.00000256. The van der Waals surface area contributed by atoms with Crippen molar-refractivity contribution >= 4 is 18.3 Å². The number of hydrogen-bond acceptors (Lipinski definition) is 2. The molecule has 0 aromatic heterocycles. The molecule has 1 aliphatic rings. The first-order valence-corrected chi connectivity index (χ1v) is 5.51. The molecule has 3 nitrogen and oxygen atoms in total. The van der Waals surface area contributed by atoms with Crippen molar-refractivity contribution in [1.82, 2.24) is 10.6 Å². The van der Waals surface area contributed by atoms with Crippen molar-refractivity contribution in [3.05, 3.63) is 0 Å². The van der Waals surface area contributed by atoms with Gasteiger partial charge in [0.2, 0.25) is 5.91 Å². The van der Waals surface area contributed by atoms with Crippen molar-refractivity contribution in [3.63, 3.8) is 0 Å². The highest BCUT2D eigenvalue weighted by Gasteiger charge is 2.27. The molecule has 0 spiro atoms. The summed E-state index contributed by atoms with van der Waals surface area (Å²) in [6.45, 7) is 2.41. The zero-order valence-electron chi connectivity index (χ0n) is 9.48. The molecule has 1 unspecified atom stereocenters. The Morgan fingerprint density at radius 3 is 2.65 bits per heavy atom. The summed E-state index contributed by atoms with van der Waals surface area (Å²) >= 11 is 0. The zero-order chi connectivity index (χ0) is 12.0. The number of alkyl halides is 3. The van der Waals surface area contributed by atoms with Crippen LogP contribution in [0.15, 0.2) is 0 Å². The fraction of sp³-hybridized carbons (Fsp3) is 0.900. The molecule has 1 heterocycles. The van der Waals surface area contributed by atoms with E-state index >= 15 is 0 Å². The molecule has 1 rings (SSSR count). The van der Waals surface area contributed by atoms with E-state index in [4.69, 9.17) is 0 Å². The second kappa shape index (κ2) is 7.76. The predicted molar refractivity (Wildman–Crippen MR) is 61.1 cm³/mol. The Bertz CT molecular complexity index is 230. The normalized spacial score (nSPS) is 19.8. The molecule has 0 bridgehead atoms. The summed E-state index contributed by atoms with van der Waals surface area (Å²) < 4.78 is 35.4. The summed E-state index contributed by atoms with van der Waals surface area (Å²) in [4.78, 5) is 11.0. The zero-order valence-corrected chi connectivity index (χ0v) is 10.3. The van der Waals surface area contributed by atoms with Crippen LogP contribution < -0.4 is 10.6 Å². The standard InChI is InChI=1S/C10H17F3N2O.ClH/c11-10(12,13)4-1-9(16)15-6-3-8-2-5-14-7-8;/h8,14H,1-7H2,(H,15,16);1H. The van der Waals surface area contributed by atoms with Gasteiger partial charge in [-0.15, -0.1) is 12.4 Å². The van der Waals surface area contributed by atoms with Gasteiger partial charge in [0.05, 0.1) is 6.42 Å². The van der Waals surface area contributed by atoms with E-state index in [0.29, 0.717) is 12.5 Å². The third-order valence-corrected chi connectivity index (χ3v) is 2.67. The summed E-state index contributed by atoms with van der Waals surface area (Å²) in [7, 11) is 0. The SMILES string of the molecule is Cl.O=C(CCC(F)(F)F)NCCC1CCNC1. The van der Waals surface area contributed by atoms with Crippen LogP contribution in [0, 0.1) is 5.92 Å². The van der Waals surface area contributed by atoms with Crippen LogP contribution in [0.25, 0.3) is 0 Å². The van der Waals surface area contributed by atoms with Gasteiger partial charge in [0.1, 0.15) is 0 Å². The number of carbonyl (C=O) groups is 1. The molecule has 7 heteroatoms. The smallest absolute Gasteiger partial charge is 0.356 e. The molecule has 1 saturated heterocycles. The van der Waals surface area contributed by atoms with Gasteiger partial charge in [0.15, 0.2) is 0 Å². The molecule has 0 aliphatic carbocycles. The minimum Gasteiger partial charge on any atom is -0.356 e. The number of nitrogens with one attached hydrogen (secondary N) is 2. The van der Waals surface area contributed by atoms with Crippen LogP contribution in [0.3, 0.4) is 0 Å². The molecule has 17 heavy (non-hydrogen) atoms. The minimum absolute atomic E-state index is 0. The Labute approximate surface area is 105 Å². The van der Waals surface area contributed by atoms with Gasteiger partial charge < -0.3 is 10.6 Å². The molecule has 1 aliphatic heterocycles. The van der Waals surface area contributed by atoms with E-state index in [1.54, 1.807) is 0 Å². The summed E-state index contributed by atoms with van der Waals surface area (Å²) in [5.74, 6) is 0.0335. The Kier molecular flexibility index (Phi) is 7.54. The number of halogens is 4. The topological polar surface area (TPSA) is 41.1 Å². The van der Waals surface area contributed by atoms with E-state index in [0.717, 1.165) is 25.9 Å². The van der Waals surface area contributed by atoms with Crippen molar-refractivity contribution in [3.8, 4) is 0 Å². The molecule has 1 atom stereocenters. The first kappa shape index (κ1) is 16.5. The molecule has 102 valence electrons. The average molecular weight is 275 g/mol. The van der Waals surface area contributed by atoms with Crippen molar-refractivity contribution in [2.45, 2.75) is 31.9 Å². The van der Waals surface area contributed by atoms with E-state index in [1.165, 1.54) is 0 Å². The highest BCUT2D eigenvalue weighted by molar-refractivity contribution is 5.85. The molecule has 0 saturated carbocycles. The van der Waals surface area contributed by atoms with E-state index in [1.807, 2.05) is 0 Å². The van der Waals surface area contributed by atoms with Crippen LogP contribution in [-0.2, 0) is 4.79 Å². The number of amides is 1. The molecular formula is C10H18ClF3N2O. The lowest BCUT2D eigenvalue weighted by Gasteiger charge is -2.10. The molecule has 0 radical (unpaired) electrons. The Hall–Kier alpha value is -0.490. The fourth-order valence-corrected chi connectivity index (χ4v) is 1.72. The van der Waals surface area contributed by atoms with Gasteiger partial charge in [-0.05, 0) is 31.8 Å². The van der Waals surface area contributed by atoms with E-state index in [2.05, 4.69) is 10.6 Å². The number of carbonyl (C=O) groups excluding carboxylic acids is 1. The summed E-state index contributed by atoms with van der Waals surface area (Å²) in [6, 6.07) is 0. The summed E-state index contributed by atoms with van der Waals surface area (Å²) in [5, 5.41) is 5.71. The van der Waals surface area contributed by atoms with Crippen LogP contribution in [0.1, 0.15) is 25.7 Å². The van der Waals surface area contributed by atoms with Crippen LogP contribution >= 0.6 is 12.4 Å². The highest BCUT2D eigenvalue weighted by atomic mass is 35.5. The van der Waals surface area contributed by atoms with Gasteiger partial charge in [-0.25, -0.2) is 0 Å². The molecular weight excluding hydrogens is 257 g/mol. The lowest BCUT2D eigenvalue weighted by molar-refractivity contribution is -0.144. The van der Waals surface area contributed by atoms with Crippen LogP contribution in [-0.4, -0.2) is 31.7 Å². The maximum atomic E-state index is 11.8. The predicted octanol–water partition coefficient (Wildman–Crippen LogP) is 1.87. The monoisotopic (exact) mass is 274 g/mol. The quantitative estimate of drug-likeness (QED) is 0.804. The molecule has 0 aromatic rings. The lowest BCUT2D eigenvalue weighted by Crippen LogP contribution is -2.27. The minimum atomic E-state index is -4.24. The number of rotatable bonds is 5. The van der Waals surface area contributed by atoms with Gasteiger partial charge in [-0.1, -0.05) is 0 Å². The second-order valence-electron chi connectivity index (χ2n) is 4.11. The van der Waals surface area contributed by atoms with Gasteiger partial charge in [-0.3, -0.25) is 4.79 Å². The molecule has 2 N–H and O–H groups in total. The largest absolute Gasteiger partial charge is 0.389 e. The average Bonchev–Trinajstić information content (AvgIpc) is 2.66. The van der Waals surface area contributed by atoms with Crippen LogP contribution in [0.4, 0.5) is 13.2 Å². The summed E-state index contributed by atoms with van der Waals surface area (Å²) in [5.41, 5.74) is 0. The van der Waals surface area contributed by atoms with Crippen molar-refractivity contribution in [2.75, 3.05) is 19.6 Å². The molecule has 1 amide bonds. The number of hydrogen-bond donors (Lipinski definition) is 2. The Morgan fingerprint density at radius 1 is 1.41 bits per heavy atom. The van der Waals surface area contributed by atoms with Crippen LogP contribution in [0.5, 0.6) is 0 Å². The third-order valence-electron chi connectivity index (χ3n) is 2.67. The molecule has 0 aromatic carbocycles. The highest BCUT2D eigenvalue weighted by Crippen LogP contribution is 2.21. The third kappa shape index (κ3) is 8.26. The van der Waals surface area contributed by atoms with Crippen LogP contribution in [0.2, 0.25) is 0 Å². The van der Waals surface area contributed by atoms with Crippen molar-refractivity contribution < 1.29 is 18.0 Å². The first-order valence-electron chi connectivity index (χ1n) is 5.51. The lowest BCUT2D eigenvalue weighted by atomic mass is 10.1. The summed E-state index contributed by atoms with van der Waals surface area (Å²) in [6.07, 6.45) is -3.83. The van der Waals surface area contributed by atoms with Gasteiger partial charge >= 0.3 is 6.18 Å². The van der Waals surface area contributed by atoms with E-state index < -0.39 is 24.9 Å². The maximum absolute atomic E-state index is 11.8. The van der Waals surface area contributed by atoms with Gasteiger partial charge in [0.25, 0.3) is 0 Å². The first-order chi connectivity index (χ1) is 7.47. The second-order valence-corrected chi connectivity index (χ2v) is 4.11. The van der Waals surface area contributed by atoms with Gasteiger partial charge in [0, 0.05) is 13.0 Å². The van der Waals surface area contributed by atoms with Crippen molar-refractivity contribution in [1.29, 1.82) is 0 Å². The Morgan fingerprint density at radius 2 is 2.12 bits per heavy atom. The fourth-order valence-electron chi connectivity index (χ4n) is 1.72.